The van der Waals surface area contributed by atoms with Gasteiger partial charge < -0.3 is 10.6 Å². The van der Waals surface area contributed by atoms with Gasteiger partial charge in [0.15, 0.2) is 0 Å². The second kappa shape index (κ2) is 5.22. The molecule has 2 N–H and O–H groups in total. The molecule has 2 heterocycles. The van der Waals surface area contributed by atoms with Gasteiger partial charge in [0, 0.05) is 31.5 Å². The van der Waals surface area contributed by atoms with Crippen molar-refractivity contribution in [3.63, 3.8) is 0 Å². The minimum Gasteiger partial charge on any atom is -0.368 e. The average Bonchev–Trinajstić information content (AvgIpc) is 3.38. The van der Waals surface area contributed by atoms with Crippen LogP contribution in [-0.4, -0.2) is 29.1 Å². The lowest BCUT2D eigenvalue weighted by Crippen LogP contribution is -2.47. The largest absolute Gasteiger partial charge is 0.368 e. The Morgan fingerprint density at radius 2 is 1.86 bits per heavy atom. The molecule has 0 unspecified atom stereocenters. The quantitative estimate of drug-likeness (QED) is 0.917. The van der Waals surface area contributed by atoms with Crippen LogP contribution in [0.15, 0.2) is 24.5 Å². The van der Waals surface area contributed by atoms with Crippen molar-refractivity contribution in [3.8, 4) is 6.07 Å². The van der Waals surface area contributed by atoms with Crippen molar-refractivity contribution in [3.05, 3.63) is 30.1 Å². The Hall–Kier alpha value is -2.19. The van der Waals surface area contributed by atoms with Crippen molar-refractivity contribution in [2.24, 2.45) is 17.6 Å². The SMILES string of the molecule is N#Cc1ccc(N2C[C@@H](N)C[C@@H](C3CC3)C2)c2nccnc12. The first-order chi connectivity index (χ1) is 10.8. The molecule has 22 heavy (non-hydrogen) atoms. The summed E-state index contributed by atoms with van der Waals surface area (Å²) < 4.78 is 0. The first-order valence-electron chi connectivity index (χ1n) is 7.90. The number of hydrogen-bond donors (Lipinski definition) is 1. The van der Waals surface area contributed by atoms with E-state index in [1.807, 2.05) is 12.1 Å². The summed E-state index contributed by atoms with van der Waals surface area (Å²) in [5.74, 6) is 1.54. The van der Waals surface area contributed by atoms with Crippen LogP contribution in [0.4, 0.5) is 5.69 Å². The number of piperidine rings is 1. The second-order valence-corrected chi connectivity index (χ2v) is 6.50. The fraction of sp³-hybridized carbons (Fsp3) is 0.471. The molecule has 2 aliphatic rings. The molecule has 1 aromatic heterocycles. The Morgan fingerprint density at radius 1 is 1.09 bits per heavy atom. The fourth-order valence-electron chi connectivity index (χ4n) is 3.67. The zero-order valence-corrected chi connectivity index (χ0v) is 12.4. The Bertz CT molecular complexity index is 746. The summed E-state index contributed by atoms with van der Waals surface area (Å²) in [6.07, 6.45) is 7.15. The van der Waals surface area contributed by atoms with Gasteiger partial charge in [0.1, 0.15) is 17.1 Å². The number of fused-ring (bicyclic) bond motifs is 1. The third kappa shape index (κ3) is 2.30. The van der Waals surface area contributed by atoms with Crippen LogP contribution in [0.2, 0.25) is 0 Å². The number of nitriles is 1. The summed E-state index contributed by atoms with van der Waals surface area (Å²) in [7, 11) is 0. The number of rotatable bonds is 2. The van der Waals surface area contributed by atoms with Crippen molar-refractivity contribution in [1.29, 1.82) is 5.26 Å². The van der Waals surface area contributed by atoms with Crippen LogP contribution in [0.5, 0.6) is 0 Å². The number of nitrogens with zero attached hydrogens (tertiary/aromatic N) is 4. The van der Waals surface area contributed by atoms with Crippen LogP contribution < -0.4 is 10.6 Å². The summed E-state index contributed by atoms with van der Waals surface area (Å²) in [6.45, 7) is 1.89. The molecule has 112 valence electrons. The summed E-state index contributed by atoms with van der Waals surface area (Å²) >= 11 is 0. The van der Waals surface area contributed by atoms with Crippen molar-refractivity contribution >= 4 is 16.7 Å². The van der Waals surface area contributed by atoms with Crippen LogP contribution in [0.3, 0.4) is 0 Å². The molecule has 4 rings (SSSR count). The molecule has 2 atom stereocenters. The highest BCUT2D eigenvalue weighted by atomic mass is 15.2. The van der Waals surface area contributed by atoms with Gasteiger partial charge >= 0.3 is 0 Å². The summed E-state index contributed by atoms with van der Waals surface area (Å²) in [4.78, 5) is 11.2. The van der Waals surface area contributed by atoms with E-state index in [0.717, 1.165) is 36.6 Å². The lowest BCUT2D eigenvalue weighted by molar-refractivity contribution is 0.342. The molecule has 2 aromatic rings. The topological polar surface area (TPSA) is 78.8 Å². The van der Waals surface area contributed by atoms with Gasteiger partial charge in [-0.05, 0) is 43.2 Å². The minimum atomic E-state index is 0.210. The van der Waals surface area contributed by atoms with E-state index in [4.69, 9.17) is 5.73 Å². The van der Waals surface area contributed by atoms with Gasteiger partial charge in [0.25, 0.3) is 0 Å². The molecule has 5 nitrogen and oxygen atoms in total. The molecule has 1 aliphatic carbocycles. The molecule has 2 fully saturated rings. The van der Waals surface area contributed by atoms with Gasteiger partial charge in [-0.1, -0.05) is 0 Å². The highest BCUT2D eigenvalue weighted by Crippen LogP contribution is 2.42. The van der Waals surface area contributed by atoms with E-state index < -0.39 is 0 Å². The van der Waals surface area contributed by atoms with Gasteiger partial charge in [-0.2, -0.15) is 5.26 Å². The molecular formula is C17H19N5. The first kappa shape index (κ1) is 13.5. The lowest BCUT2D eigenvalue weighted by Gasteiger charge is -2.38. The van der Waals surface area contributed by atoms with E-state index in [0.29, 0.717) is 17.0 Å². The highest BCUT2D eigenvalue weighted by molar-refractivity contribution is 5.92. The lowest BCUT2D eigenvalue weighted by atomic mass is 9.90. The predicted octanol–water partition coefficient (Wildman–Crippen LogP) is 2.07. The van der Waals surface area contributed by atoms with Crippen molar-refractivity contribution in [2.75, 3.05) is 18.0 Å². The number of aromatic nitrogens is 2. The average molecular weight is 293 g/mol. The molecule has 0 amide bonds. The maximum atomic E-state index is 9.25. The molecule has 1 aromatic carbocycles. The minimum absolute atomic E-state index is 0.210. The summed E-state index contributed by atoms with van der Waals surface area (Å²) in [5, 5.41) is 9.25. The monoisotopic (exact) mass is 293 g/mol. The van der Waals surface area contributed by atoms with E-state index >= 15 is 0 Å². The Kier molecular flexibility index (Phi) is 3.20. The van der Waals surface area contributed by atoms with E-state index in [2.05, 4.69) is 20.9 Å². The zero-order chi connectivity index (χ0) is 15.1. The smallest absolute Gasteiger partial charge is 0.113 e. The van der Waals surface area contributed by atoms with Crippen LogP contribution in [0, 0.1) is 23.2 Å². The van der Waals surface area contributed by atoms with E-state index in [-0.39, 0.29) is 6.04 Å². The highest BCUT2D eigenvalue weighted by Gasteiger charge is 2.37. The van der Waals surface area contributed by atoms with Gasteiger partial charge in [0.05, 0.1) is 11.3 Å². The fourth-order valence-corrected chi connectivity index (χ4v) is 3.67. The second-order valence-electron chi connectivity index (χ2n) is 6.50. The maximum Gasteiger partial charge on any atom is 0.113 e. The Labute approximate surface area is 129 Å². The molecule has 1 saturated carbocycles. The Morgan fingerprint density at radius 3 is 2.59 bits per heavy atom. The number of nitrogens with two attached hydrogens (primary N) is 1. The molecule has 1 aliphatic heterocycles. The molecular weight excluding hydrogens is 274 g/mol. The van der Waals surface area contributed by atoms with Crippen LogP contribution in [-0.2, 0) is 0 Å². The maximum absolute atomic E-state index is 9.25. The normalized spacial score (nSPS) is 25.2. The van der Waals surface area contributed by atoms with Gasteiger partial charge in [0.2, 0.25) is 0 Å². The van der Waals surface area contributed by atoms with Crippen molar-refractivity contribution in [1.82, 2.24) is 9.97 Å². The third-order valence-electron chi connectivity index (χ3n) is 4.87. The van der Waals surface area contributed by atoms with Gasteiger partial charge in [-0.3, -0.25) is 9.97 Å². The van der Waals surface area contributed by atoms with Crippen LogP contribution in [0.25, 0.3) is 11.0 Å². The number of hydrogen-bond acceptors (Lipinski definition) is 5. The van der Waals surface area contributed by atoms with E-state index in [1.165, 1.54) is 12.8 Å². The van der Waals surface area contributed by atoms with Gasteiger partial charge in [-0.25, -0.2) is 0 Å². The third-order valence-corrected chi connectivity index (χ3v) is 4.87. The number of anilines is 1. The van der Waals surface area contributed by atoms with E-state index in [9.17, 15) is 5.26 Å². The number of benzene rings is 1. The van der Waals surface area contributed by atoms with Crippen molar-refractivity contribution in [2.45, 2.75) is 25.3 Å². The van der Waals surface area contributed by atoms with Crippen LogP contribution >= 0.6 is 0 Å². The summed E-state index contributed by atoms with van der Waals surface area (Å²) in [6, 6.07) is 6.25. The first-order valence-corrected chi connectivity index (χ1v) is 7.90. The molecule has 0 bridgehead atoms. The molecule has 1 saturated heterocycles. The van der Waals surface area contributed by atoms with Gasteiger partial charge in [-0.15, -0.1) is 0 Å². The van der Waals surface area contributed by atoms with Crippen molar-refractivity contribution < 1.29 is 0 Å². The van der Waals surface area contributed by atoms with Crippen LogP contribution in [0.1, 0.15) is 24.8 Å². The molecule has 0 spiro atoms. The Balaban J connectivity index is 1.75. The molecule has 0 radical (unpaired) electrons. The van der Waals surface area contributed by atoms with E-state index in [1.54, 1.807) is 12.4 Å². The predicted molar refractivity (Wildman–Crippen MR) is 85.3 cm³/mol. The zero-order valence-electron chi connectivity index (χ0n) is 12.4. The molecule has 5 heteroatoms. The standard InChI is InChI=1S/C17H19N5/c18-8-12-3-4-15(17-16(12)20-5-6-21-17)22-9-13(11-1-2-11)7-14(19)10-22/h3-6,11,13-14H,1-2,7,9-10,19H2/t13-,14+/m1/s1. The summed E-state index contributed by atoms with van der Waals surface area (Å²) in [5.41, 5.74) is 9.42.